The molecule has 1 atom stereocenters. The minimum Gasteiger partial charge on any atom is -0.466 e. The van der Waals surface area contributed by atoms with E-state index in [2.05, 4.69) is 5.32 Å². The van der Waals surface area contributed by atoms with Crippen molar-refractivity contribution in [2.75, 3.05) is 6.61 Å². The Balaban J connectivity index is 4.71. The Morgan fingerprint density at radius 3 is 2.29 bits per heavy atom. The summed E-state index contributed by atoms with van der Waals surface area (Å²) in [6.07, 6.45) is 0.264. The van der Waals surface area contributed by atoms with Crippen LogP contribution in [0.1, 0.15) is 48.0 Å². The number of hydrogen-bond acceptors (Lipinski definition) is 4. The first-order valence-electron chi connectivity index (χ1n) is 7.07. The lowest BCUT2D eigenvalue weighted by Gasteiger charge is -2.25. The standard InChI is InChI=1S/C15H26FNO4/c1-7-20-12(18)9-8-11(16)13(10(2)3)17-14(19)21-15(4,5)6/h8,10,13H,7,9H2,1-6H3,(H,17,19)/b11-8-. The molecule has 0 saturated carbocycles. The summed E-state index contributed by atoms with van der Waals surface area (Å²) in [5.74, 6) is -1.27. The smallest absolute Gasteiger partial charge is 0.408 e. The first kappa shape index (κ1) is 19.4. The molecular weight excluding hydrogens is 277 g/mol. The van der Waals surface area contributed by atoms with E-state index in [1.165, 1.54) is 0 Å². The molecule has 1 N–H and O–H groups in total. The highest BCUT2D eigenvalue weighted by Crippen LogP contribution is 2.16. The van der Waals surface area contributed by atoms with Gasteiger partial charge in [0.1, 0.15) is 11.4 Å². The van der Waals surface area contributed by atoms with Gasteiger partial charge in [-0.3, -0.25) is 4.79 Å². The monoisotopic (exact) mass is 303 g/mol. The number of ether oxygens (including phenoxy) is 2. The Morgan fingerprint density at radius 2 is 1.86 bits per heavy atom. The van der Waals surface area contributed by atoms with Crippen molar-refractivity contribution in [2.45, 2.75) is 59.6 Å². The predicted molar refractivity (Wildman–Crippen MR) is 78.4 cm³/mol. The second-order valence-corrected chi connectivity index (χ2v) is 5.97. The summed E-state index contributed by atoms with van der Waals surface area (Å²) in [7, 11) is 0. The molecule has 122 valence electrons. The van der Waals surface area contributed by atoms with Gasteiger partial charge in [-0.2, -0.15) is 0 Å². The Bertz CT molecular complexity index is 386. The van der Waals surface area contributed by atoms with Crippen LogP contribution in [0.3, 0.4) is 0 Å². The van der Waals surface area contributed by atoms with E-state index in [1.807, 2.05) is 0 Å². The van der Waals surface area contributed by atoms with Crippen LogP contribution in [0, 0.1) is 5.92 Å². The normalized spacial score (nSPS) is 13.8. The van der Waals surface area contributed by atoms with Crippen molar-refractivity contribution in [3.63, 3.8) is 0 Å². The maximum absolute atomic E-state index is 14.1. The first-order valence-corrected chi connectivity index (χ1v) is 7.07. The van der Waals surface area contributed by atoms with E-state index in [9.17, 15) is 14.0 Å². The Morgan fingerprint density at radius 1 is 1.29 bits per heavy atom. The van der Waals surface area contributed by atoms with Crippen molar-refractivity contribution in [1.29, 1.82) is 0 Å². The number of rotatable bonds is 6. The van der Waals surface area contributed by atoms with Crippen molar-refractivity contribution in [1.82, 2.24) is 5.32 Å². The number of nitrogens with one attached hydrogen (secondary N) is 1. The Labute approximate surface area is 125 Å². The molecule has 0 aromatic carbocycles. The van der Waals surface area contributed by atoms with Gasteiger partial charge in [-0.15, -0.1) is 0 Å². The molecule has 1 unspecified atom stereocenters. The van der Waals surface area contributed by atoms with Gasteiger partial charge in [-0.05, 0) is 39.7 Å². The maximum atomic E-state index is 14.1. The van der Waals surface area contributed by atoms with E-state index >= 15 is 0 Å². The Kier molecular flexibility index (Phi) is 7.99. The molecule has 21 heavy (non-hydrogen) atoms. The van der Waals surface area contributed by atoms with Gasteiger partial charge >= 0.3 is 12.1 Å². The molecule has 0 saturated heterocycles. The number of carbonyl (C=O) groups is 2. The number of alkyl carbamates (subject to hydrolysis) is 1. The van der Waals surface area contributed by atoms with E-state index in [0.29, 0.717) is 0 Å². The summed E-state index contributed by atoms with van der Waals surface area (Å²) >= 11 is 0. The molecule has 5 nitrogen and oxygen atoms in total. The van der Waals surface area contributed by atoms with Crippen LogP contribution in [0.15, 0.2) is 11.9 Å². The third-order valence-corrected chi connectivity index (χ3v) is 2.41. The number of halogens is 1. The topological polar surface area (TPSA) is 64.6 Å². The van der Waals surface area contributed by atoms with Crippen LogP contribution < -0.4 is 5.32 Å². The fourth-order valence-corrected chi connectivity index (χ4v) is 1.52. The average Bonchev–Trinajstić information content (AvgIpc) is 2.31. The third-order valence-electron chi connectivity index (χ3n) is 2.41. The third kappa shape index (κ3) is 9.05. The average molecular weight is 303 g/mol. The van der Waals surface area contributed by atoms with Gasteiger partial charge < -0.3 is 14.8 Å². The Hall–Kier alpha value is -1.59. The highest BCUT2D eigenvalue weighted by atomic mass is 19.1. The van der Waals surface area contributed by atoms with Crippen LogP contribution in [-0.4, -0.2) is 30.3 Å². The van der Waals surface area contributed by atoms with Gasteiger partial charge in [0.25, 0.3) is 0 Å². The molecule has 0 aromatic heterocycles. The zero-order valence-corrected chi connectivity index (χ0v) is 13.7. The number of carbonyl (C=O) groups excluding carboxylic acids is 2. The van der Waals surface area contributed by atoms with Gasteiger partial charge in [0.2, 0.25) is 0 Å². The van der Waals surface area contributed by atoms with E-state index in [-0.39, 0.29) is 18.9 Å². The minimum absolute atomic E-state index is 0.168. The molecule has 1 amide bonds. The largest absolute Gasteiger partial charge is 0.466 e. The molecule has 0 radical (unpaired) electrons. The summed E-state index contributed by atoms with van der Waals surface area (Å²) in [6.45, 7) is 10.6. The van der Waals surface area contributed by atoms with E-state index < -0.39 is 29.5 Å². The van der Waals surface area contributed by atoms with E-state index in [4.69, 9.17) is 9.47 Å². The molecule has 0 aliphatic carbocycles. The fourth-order valence-electron chi connectivity index (χ4n) is 1.52. The van der Waals surface area contributed by atoms with Crippen LogP contribution in [0.4, 0.5) is 9.18 Å². The number of amides is 1. The molecule has 0 spiro atoms. The van der Waals surface area contributed by atoms with Gasteiger partial charge in [0.05, 0.1) is 19.1 Å². The van der Waals surface area contributed by atoms with Crippen LogP contribution in [0.25, 0.3) is 0 Å². The lowest BCUT2D eigenvalue weighted by Crippen LogP contribution is -2.42. The van der Waals surface area contributed by atoms with Gasteiger partial charge in [0.15, 0.2) is 0 Å². The van der Waals surface area contributed by atoms with Crippen molar-refractivity contribution >= 4 is 12.1 Å². The summed E-state index contributed by atoms with van der Waals surface area (Å²) < 4.78 is 23.9. The molecule has 0 rings (SSSR count). The molecule has 0 fully saturated rings. The first-order chi connectivity index (χ1) is 9.56. The quantitative estimate of drug-likeness (QED) is 0.764. The molecule has 6 heteroatoms. The lowest BCUT2D eigenvalue weighted by atomic mass is 10.0. The van der Waals surface area contributed by atoms with Gasteiger partial charge in [0, 0.05) is 0 Å². The SMILES string of the molecule is CCOC(=O)C/C=C(\F)C(NC(=O)OC(C)(C)C)C(C)C. The summed E-state index contributed by atoms with van der Waals surface area (Å²) in [5.41, 5.74) is -0.656. The van der Waals surface area contributed by atoms with Crippen LogP contribution in [0.2, 0.25) is 0 Å². The maximum Gasteiger partial charge on any atom is 0.408 e. The van der Waals surface area contributed by atoms with Crippen LogP contribution >= 0.6 is 0 Å². The second kappa shape index (κ2) is 8.64. The summed E-state index contributed by atoms with van der Waals surface area (Å²) in [4.78, 5) is 22.9. The highest BCUT2D eigenvalue weighted by Gasteiger charge is 2.24. The zero-order valence-electron chi connectivity index (χ0n) is 13.7. The second-order valence-electron chi connectivity index (χ2n) is 5.97. The summed E-state index contributed by atoms with van der Waals surface area (Å²) in [5, 5.41) is 2.47. The number of esters is 1. The summed E-state index contributed by atoms with van der Waals surface area (Å²) in [6, 6.07) is -0.839. The van der Waals surface area contributed by atoms with Crippen molar-refractivity contribution < 1.29 is 23.5 Å². The van der Waals surface area contributed by atoms with Crippen molar-refractivity contribution in [2.24, 2.45) is 5.92 Å². The molecule has 0 bridgehead atoms. The zero-order chi connectivity index (χ0) is 16.6. The van der Waals surface area contributed by atoms with Gasteiger partial charge in [-0.1, -0.05) is 13.8 Å². The molecular formula is C15H26FNO4. The molecule has 0 aliphatic heterocycles. The van der Waals surface area contributed by atoms with Crippen LogP contribution in [0.5, 0.6) is 0 Å². The molecule has 0 heterocycles. The fraction of sp³-hybridized carbons (Fsp3) is 0.733. The van der Waals surface area contributed by atoms with Crippen molar-refractivity contribution in [3.8, 4) is 0 Å². The molecule has 0 aliphatic rings. The lowest BCUT2D eigenvalue weighted by molar-refractivity contribution is -0.142. The van der Waals surface area contributed by atoms with Crippen LogP contribution in [-0.2, 0) is 14.3 Å². The van der Waals surface area contributed by atoms with E-state index in [1.54, 1.807) is 41.5 Å². The number of hydrogen-bond donors (Lipinski definition) is 1. The van der Waals surface area contributed by atoms with E-state index in [0.717, 1.165) is 6.08 Å². The predicted octanol–water partition coefficient (Wildman–Crippen LogP) is 3.34. The highest BCUT2D eigenvalue weighted by molar-refractivity contribution is 5.71. The minimum atomic E-state index is -0.839. The molecule has 0 aromatic rings. The van der Waals surface area contributed by atoms with Crippen molar-refractivity contribution in [3.05, 3.63) is 11.9 Å². The van der Waals surface area contributed by atoms with Gasteiger partial charge in [-0.25, -0.2) is 9.18 Å².